The Morgan fingerprint density at radius 1 is 1.20 bits per heavy atom. The topological polar surface area (TPSA) is 60.4 Å². The average molecular weight is 230 g/mol. The van der Waals surface area contributed by atoms with Crippen molar-refractivity contribution in [1.29, 1.82) is 0 Å². The van der Waals surface area contributed by atoms with E-state index in [9.17, 15) is 13.9 Å². The van der Waals surface area contributed by atoms with Crippen LogP contribution in [-0.2, 0) is 11.1 Å². The first-order chi connectivity index (χ1) is 6.68. The molecule has 3 nitrogen and oxygen atoms in total. The Hall–Kier alpha value is -0.390. The molecule has 0 aliphatic rings. The summed E-state index contributed by atoms with van der Waals surface area (Å²) in [6, 6.07) is 9.63. The van der Waals surface area contributed by atoms with Crippen LogP contribution < -0.4 is 29.6 Å². The van der Waals surface area contributed by atoms with E-state index in [1.807, 2.05) is 0 Å². The summed E-state index contributed by atoms with van der Waals surface area (Å²) in [5, 5.41) is 10.6. The Kier molecular flexibility index (Phi) is 4.31. The van der Waals surface area contributed by atoms with E-state index in [2.05, 4.69) is 0 Å². The molecule has 72 valence electrons. The van der Waals surface area contributed by atoms with Crippen molar-refractivity contribution in [2.75, 3.05) is 0 Å². The van der Waals surface area contributed by atoms with Crippen LogP contribution in [0, 0.1) is 0 Å². The molecule has 0 heterocycles. The van der Waals surface area contributed by atoms with Crippen molar-refractivity contribution < 1.29 is 43.4 Å². The van der Waals surface area contributed by atoms with Gasteiger partial charge >= 0.3 is 29.6 Å². The summed E-state index contributed by atoms with van der Waals surface area (Å²) >= 11 is -2.27. The van der Waals surface area contributed by atoms with Gasteiger partial charge in [0.1, 0.15) is 5.75 Å². The fourth-order valence-corrected chi connectivity index (χ4v) is 1.92. The molecule has 15 heavy (non-hydrogen) atoms. The third kappa shape index (κ3) is 2.59. The van der Waals surface area contributed by atoms with Crippen molar-refractivity contribution in [2.24, 2.45) is 0 Å². The van der Waals surface area contributed by atoms with Crippen LogP contribution in [0.25, 0.3) is 10.8 Å². The Morgan fingerprint density at radius 2 is 1.93 bits per heavy atom. The molecule has 0 bridgehead atoms. The van der Waals surface area contributed by atoms with Gasteiger partial charge in [0, 0.05) is 10.3 Å². The molecule has 2 aromatic rings. The van der Waals surface area contributed by atoms with Gasteiger partial charge in [-0.15, -0.1) is 0 Å². The second-order valence-corrected chi connectivity index (χ2v) is 3.81. The van der Waals surface area contributed by atoms with Crippen LogP contribution in [0.4, 0.5) is 0 Å². The predicted molar refractivity (Wildman–Crippen MR) is 52.8 cm³/mol. The summed E-state index contributed by atoms with van der Waals surface area (Å²) in [7, 11) is 0. The van der Waals surface area contributed by atoms with Gasteiger partial charge in [0.05, 0.1) is 0 Å². The van der Waals surface area contributed by atoms with Crippen LogP contribution in [0.5, 0.6) is 5.75 Å². The maximum Gasteiger partial charge on any atom is 1.00 e. The minimum absolute atomic E-state index is 0. The molecule has 1 atom stereocenters. The van der Waals surface area contributed by atoms with E-state index in [1.165, 1.54) is 18.2 Å². The van der Waals surface area contributed by atoms with Gasteiger partial charge in [0.25, 0.3) is 0 Å². The van der Waals surface area contributed by atoms with E-state index in [0.29, 0.717) is 5.39 Å². The van der Waals surface area contributed by atoms with Crippen LogP contribution in [0.15, 0.2) is 41.3 Å². The quantitative estimate of drug-likeness (QED) is 0.494. The zero-order chi connectivity index (χ0) is 10.1. The number of benzene rings is 2. The number of hydrogen-bond donors (Lipinski definition) is 1. The second-order valence-electron chi connectivity index (χ2n) is 2.90. The van der Waals surface area contributed by atoms with Crippen LogP contribution in [0.3, 0.4) is 0 Å². The molecule has 1 N–H and O–H groups in total. The number of hydrogen-bond acceptors (Lipinski definition) is 3. The maximum atomic E-state index is 10.8. The molecule has 0 aromatic heterocycles. The first-order valence-corrected chi connectivity index (χ1v) is 5.07. The van der Waals surface area contributed by atoms with Gasteiger partial charge < -0.3 is 9.66 Å². The van der Waals surface area contributed by atoms with Crippen molar-refractivity contribution in [3.63, 3.8) is 0 Å². The van der Waals surface area contributed by atoms with Gasteiger partial charge in [-0.05, 0) is 34.7 Å². The predicted octanol–water partition coefficient (Wildman–Crippen LogP) is -1.21. The minimum atomic E-state index is -2.27. The monoisotopic (exact) mass is 230 g/mol. The smallest absolute Gasteiger partial charge is 0.768 e. The fraction of sp³-hybridized carbons (Fsp3) is 0. The molecular weight excluding hydrogens is 223 g/mol. The summed E-state index contributed by atoms with van der Waals surface area (Å²) in [4.78, 5) is 0.207. The van der Waals surface area contributed by atoms with E-state index in [1.54, 1.807) is 18.2 Å². The molecule has 5 heteroatoms. The Bertz CT molecular complexity index is 513. The first kappa shape index (κ1) is 12.7. The van der Waals surface area contributed by atoms with E-state index in [0.717, 1.165) is 5.39 Å². The van der Waals surface area contributed by atoms with Gasteiger partial charge in [-0.3, -0.25) is 4.21 Å². The molecule has 0 saturated carbocycles. The summed E-state index contributed by atoms with van der Waals surface area (Å²) in [6.07, 6.45) is 0. The van der Waals surface area contributed by atoms with Crippen LogP contribution in [-0.4, -0.2) is 13.9 Å². The number of rotatable bonds is 1. The molecular formula is C10H7NaO3S. The summed E-state index contributed by atoms with van der Waals surface area (Å²) < 4.78 is 21.7. The van der Waals surface area contributed by atoms with Crippen LogP contribution in [0.2, 0.25) is 0 Å². The molecule has 0 spiro atoms. The SMILES string of the molecule is O=S([O-])c1cccc2ccc(O)cc12.[Na+]. The molecule has 2 aromatic carbocycles. The largest absolute Gasteiger partial charge is 1.00 e. The van der Waals surface area contributed by atoms with Crippen molar-refractivity contribution in [3.8, 4) is 5.75 Å². The second kappa shape index (κ2) is 5.09. The van der Waals surface area contributed by atoms with Crippen LogP contribution >= 0.6 is 0 Å². The van der Waals surface area contributed by atoms with E-state index < -0.39 is 11.1 Å². The maximum absolute atomic E-state index is 10.8. The minimum Gasteiger partial charge on any atom is -0.768 e. The third-order valence-electron chi connectivity index (χ3n) is 2.01. The summed E-state index contributed by atoms with van der Waals surface area (Å²) in [5.74, 6) is 0.0652. The van der Waals surface area contributed by atoms with E-state index in [4.69, 9.17) is 0 Å². The standard InChI is InChI=1S/C10H8O3S.Na/c11-8-5-4-7-2-1-3-10(14(12)13)9(7)6-8;/h1-6,11H,(H,12,13);/q;+1/p-1. The van der Waals surface area contributed by atoms with Gasteiger partial charge in [-0.2, -0.15) is 0 Å². The molecule has 0 amide bonds. The van der Waals surface area contributed by atoms with Crippen LogP contribution in [0.1, 0.15) is 0 Å². The van der Waals surface area contributed by atoms with Crippen molar-refractivity contribution in [3.05, 3.63) is 36.4 Å². The molecule has 0 aliphatic carbocycles. The number of phenols is 1. The Labute approximate surface area is 112 Å². The van der Waals surface area contributed by atoms with Crippen molar-refractivity contribution in [1.82, 2.24) is 0 Å². The average Bonchev–Trinajstić information content (AvgIpc) is 2.16. The number of phenolic OH excluding ortho intramolecular Hbond substituents is 1. The first-order valence-electron chi connectivity index (χ1n) is 3.99. The van der Waals surface area contributed by atoms with E-state index in [-0.39, 0.29) is 40.2 Å². The third-order valence-corrected chi connectivity index (χ3v) is 2.72. The van der Waals surface area contributed by atoms with Gasteiger partial charge in [-0.1, -0.05) is 18.2 Å². The molecule has 2 rings (SSSR count). The van der Waals surface area contributed by atoms with Gasteiger partial charge in [0.15, 0.2) is 0 Å². The Morgan fingerprint density at radius 3 is 2.60 bits per heavy atom. The van der Waals surface area contributed by atoms with Crippen molar-refractivity contribution >= 4 is 21.9 Å². The zero-order valence-electron chi connectivity index (χ0n) is 8.14. The van der Waals surface area contributed by atoms with E-state index >= 15 is 0 Å². The number of aromatic hydroxyl groups is 1. The molecule has 0 fully saturated rings. The zero-order valence-corrected chi connectivity index (χ0v) is 11.0. The van der Waals surface area contributed by atoms with Crippen molar-refractivity contribution in [2.45, 2.75) is 4.90 Å². The summed E-state index contributed by atoms with van der Waals surface area (Å²) in [6.45, 7) is 0. The molecule has 1 unspecified atom stereocenters. The summed E-state index contributed by atoms with van der Waals surface area (Å²) in [5.41, 5.74) is 0. The fourth-order valence-electron chi connectivity index (χ4n) is 1.38. The number of fused-ring (bicyclic) bond motifs is 1. The van der Waals surface area contributed by atoms with Gasteiger partial charge in [-0.25, -0.2) is 0 Å². The Balaban J connectivity index is 0.00000112. The molecule has 0 radical (unpaired) electrons. The van der Waals surface area contributed by atoms with Gasteiger partial charge in [0.2, 0.25) is 0 Å². The molecule has 0 saturated heterocycles. The normalized spacial score (nSPS) is 12.1. The molecule has 0 aliphatic heterocycles.